The molecule has 0 aliphatic heterocycles. The fraction of sp³-hybridized carbons (Fsp3) is 0.400. The molecule has 1 aliphatic rings. The summed E-state index contributed by atoms with van der Waals surface area (Å²) >= 11 is 0. The molecule has 4 rings (SSSR count). The fourth-order valence-corrected chi connectivity index (χ4v) is 6.97. The molecule has 4 unspecified atom stereocenters. The van der Waals surface area contributed by atoms with Crippen LogP contribution in [0, 0.1) is 40.4 Å². The zero-order valence-electron chi connectivity index (χ0n) is 33.9. The summed E-state index contributed by atoms with van der Waals surface area (Å²) in [6.07, 6.45) is 3.58. The lowest BCUT2D eigenvalue weighted by Crippen LogP contribution is -2.36. The topological polar surface area (TPSA) is 218 Å². The van der Waals surface area contributed by atoms with Crippen LogP contribution in [0.5, 0.6) is 11.5 Å². The number of unbranched alkanes of at least 4 members (excludes halogenated alkanes) is 1. The third kappa shape index (κ3) is 13.3. The summed E-state index contributed by atoms with van der Waals surface area (Å²) in [5, 5.41) is 34.4. The summed E-state index contributed by atoms with van der Waals surface area (Å²) in [6.45, 7) is 9.36. The minimum atomic E-state index is -1.35. The van der Waals surface area contributed by atoms with Crippen LogP contribution in [0.4, 0.5) is 11.4 Å². The number of carboxylic acid groups (broad SMARTS) is 2. The van der Waals surface area contributed by atoms with Gasteiger partial charge in [-0.3, -0.25) is 19.2 Å². The summed E-state index contributed by atoms with van der Waals surface area (Å²) in [7, 11) is 0. The summed E-state index contributed by atoms with van der Waals surface area (Å²) in [4.78, 5) is 76.2. The number of nitrogens with one attached hydrogen (secondary N) is 2. The normalized spacial score (nSPS) is 17.5. The van der Waals surface area contributed by atoms with E-state index in [0.29, 0.717) is 59.9 Å². The van der Waals surface area contributed by atoms with Crippen LogP contribution in [0.15, 0.2) is 72.8 Å². The molecule has 312 valence electrons. The lowest BCUT2D eigenvalue weighted by atomic mass is 9.76. The molecule has 0 spiro atoms. The van der Waals surface area contributed by atoms with Gasteiger partial charge in [-0.1, -0.05) is 39.0 Å². The first-order valence-corrected chi connectivity index (χ1v) is 19.4. The standard InChI is InChI=1S/C45H51N3O11/c1-27(2)47-37-24-31(48-42(53)36-25-35(41(52)45(3,4)5)34(26-38(49)50)40(36)43(54)55)14-11-29(37)20-23-58-39(51)19-10-28-8-15-33(16-9-28)59-44(56)30-12-17-32(18-13-30)57-22-7-6-21-46/h8-19,24,27,34-36,40,47H,6-7,20,22-23,25-26H2,1-5H3,(H,48,53)(H,49,50)(H,54,55). The number of amides is 1. The van der Waals surface area contributed by atoms with E-state index >= 15 is 0 Å². The molecule has 0 heterocycles. The number of aliphatic carboxylic acids is 2. The first-order valence-electron chi connectivity index (χ1n) is 19.4. The number of nitriles is 1. The van der Waals surface area contributed by atoms with Gasteiger partial charge in [-0.05, 0) is 98.3 Å². The number of rotatable bonds is 19. The molecule has 0 aromatic heterocycles. The van der Waals surface area contributed by atoms with Gasteiger partial charge < -0.3 is 35.1 Å². The van der Waals surface area contributed by atoms with E-state index in [1.165, 1.54) is 6.08 Å². The van der Waals surface area contributed by atoms with Gasteiger partial charge in [-0.25, -0.2) is 9.59 Å². The van der Waals surface area contributed by atoms with Crippen LogP contribution in [-0.4, -0.2) is 65.0 Å². The number of carbonyl (C=O) groups is 6. The Morgan fingerprint density at radius 2 is 1.59 bits per heavy atom. The van der Waals surface area contributed by atoms with E-state index in [0.717, 1.165) is 5.56 Å². The van der Waals surface area contributed by atoms with Gasteiger partial charge in [-0.2, -0.15) is 5.26 Å². The number of carbonyl (C=O) groups excluding carboxylic acids is 4. The lowest BCUT2D eigenvalue weighted by Gasteiger charge is -2.26. The van der Waals surface area contributed by atoms with Gasteiger partial charge in [-0.15, -0.1) is 0 Å². The van der Waals surface area contributed by atoms with Crippen molar-refractivity contribution in [3.63, 3.8) is 0 Å². The maximum atomic E-state index is 13.6. The highest BCUT2D eigenvalue weighted by molar-refractivity contribution is 5.98. The summed E-state index contributed by atoms with van der Waals surface area (Å²) in [5.41, 5.74) is 1.97. The molecule has 14 nitrogen and oxygen atoms in total. The Kier molecular flexibility index (Phi) is 15.9. The van der Waals surface area contributed by atoms with Crippen LogP contribution in [0.2, 0.25) is 0 Å². The number of benzene rings is 3. The molecule has 0 bridgehead atoms. The van der Waals surface area contributed by atoms with E-state index < -0.39 is 65.3 Å². The average Bonchev–Trinajstić information content (AvgIpc) is 3.55. The Labute approximate surface area is 343 Å². The predicted molar refractivity (Wildman–Crippen MR) is 219 cm³/mol. The second kappa shape index (κ2) is 20.8. The van der Waals surface area contributed by atoms with Gasteiger partial charge in [0.2, 0.25) is 5.91 Å². The first-order chi connectivity index (χ1) is 28.0. The zero-order valence-corrected chi connectivity index (χ0v) is 33.9. The Hall–Kier alpha value is -6.49. The molecule has 14 heteroatoms. The second-order valence-corrected chi connectivity index (χ2v) is 15.7. The molecule has 0 radical (unpaired) electrons. The third-order valence-corrected chi connectivity index (χ3v) is 9.76. The molecule has 1 saturated carbocycles. The maximum Gasteiger partial charge on any atom is 0.343 e. The Morgan fingerprint density at radius 1 is 0.915 bits per heavy atom. The SMILES string of the molecule is CC(C)Nc1cc(NC(=O)C2CC(C(=O)C(C)(C)C)C(CC(=O)O)C2C(=O)O)ccc1CCOC(=O)C=Cc1ccc(OC(=O)c2ccc(OCCCC#N)cc2)cc1. The van der Waals surface area contributed by atoms with E-state index in [9.17, 15) is 39.0 Å². The van der Waals surface area contributed by atoms with Crippen LogP contribution in [-0.2, 0) is 35.1 Å². The molecule has 0 saturated heterocycles. The monoisotopic (exact) mass is 809 g/mol. The Morgan fingerprint density at radius 3 is 2.20 bits per heavy atom. The molecule has 4 N–H and O–H groups in total. The molecule has 1 fully saturated rings. The highest BCUT2D eigenvalue weighted by Gasteiger charge is 2.54. The molecule has 1 aliphatic carbocycles. The van der Waals surface area contributed by atoms with E-state index in [1.807, 2.05) is 13.8 Å². The Bertz CT molecular complexity index is 2060. The van der Waals surface area contributed by atoms with Crippen molar-refractivity contribution in [3.8, 4) is 17.6 Å². The van der Waals surface area contributed by atoms with Crippen molar-refractivity contribution < 1.29 is 53.2 Å². The van der Waals surface area contributed by atoms with Gasteiger partial charge in [0.1, 0.15) is 17.3 Å². The highest BCUT2D eigenvalue weighted by atomic mass is 16.5. The van der Waals surface area contributed by atoms with Crippen LogP contribution < -0.4 is 20.1 Å². The first kappa shape index (κ1) is 45.2. The van der Waals surface area contributed by atoms with E-state index in [4.69, 9.17) is 19.5 Å². The van der Waals surface area contributed by atoms with Crippen molar-refractivity contribution in [2.45, 2.75) is 72.8 Å². The molecular weight excluding hydrogens is 759 g/mol. The van der Waals surface area contributed by atoms with Gasteiger partial charge >= 0.3 is 23.9 Å². The fourth-order valence-electron chi connectivity index (χ4n) is 6.97. The van der Waals surface area contributed by atoms with Gasteiger partial charge in [0.05, 0.1) is 36.7 Å². The summed E-state index contributed by atoms with van der Waals surface area (Å²) < 4.78 is 16.4. The number of ketones is 1. The number of Topliss-reactive ketones (excluding diaryl/α,β-unsaturated/α-hetero) is 1. The predicted octanol–water partition coefficient (Wildman–Crippen LogP) is 7.19. The molecule has 59 heavy (non-hydrogen) atoms. The van der Waals surface area contributed by atoms with Crippen molar-refractivity contribution in [1.29, 1.82) is 5.26 Å². The van der Waals surface area contributed by atoms with Crippen molar-refractivity contribution >= 4 is 53.0 Å². The van der Waals surface area contributed by atoms with Crippen LogP contribution in [0.1, 0.15) is 81.8 Å². The minimum absolute atomic E-state index is 0.00861. The van der Waals surface area contributed by atoms with Crippen molar-refractivity contribution in [2.24, 2.45) is 29.1 Å². The number of hydrogen-bond acceptors (Lipinski definition) is 11. The molecule has 4 atom stereocenters. The van der Waals surface area contributed by atoms with Crippen LogP contribution in [0.3, 0.4) is 0 Å². The number of hydrogen-bond donors (Lipinski definition) is 4. The summed E-state index contributed by atoms with van der Waals surface area (Å²) in [6, 6.07) is 20.2. The molecule has 3 aromatic carbocycles. The van der Waals surface area contributed by atoms with E-state index in [2.05, 4.69) is 16.7 Å². The Balaban J connectivity index is 1.32. The second-order valence-electron chi connectivity index (χ2n) is 15.7. The number of ether oxygens (including phenoxy) is 3. The maximum absolute atomic E-state index is 13.6. The van der Waals surface area contributed by atoms with Crippen molar-refractivity contribution in [2.75, 3.05) is 23.8 Å². The van der Waals surface area contributed by atoms with Crippen LogP contribution in [0.25, 0.3) is 6.08 Å². The lowest BCUT2D eigenvalue weighted by molar-refractivity contribution is -0.149. The quantitative estimate of drug-likeness (QED) is 0.0408. The van der Waals surface area contributed by atoms with Gasteiger partial charge in [0, 0.05) is 54.1 Å². The third-order valence-electron chi connectivity index (χ3n) is 9.76. The number of esters is 2. The minimum Gasteiger partial charge on any atom is -0.494 e. The summed E-state index contributed by atoms with van der Waals surface area (Å²) in [5.74, 6) is -8.09. The van der Waals surface area contributed by atoms with E-state index in [-0.39, 0.29) is 24.9 Å². The molecule has 1 amide bonds. The van der Waals surface area contributed by atoms with Gasteiger partial charge in [0.15, 0.2) is 0 Å². The highest BCUT2D eigenvalue weighted by Crippen LogP contribution is 2.47. The largest absolute Gasteiger partial charge is 0.494 e. The van der Waals surface area contributed by atoms with Crippen molar-refractivity contribution in [3.05, 3.63) is 89.5 Å². The zero-order chi connectivity index (χ0) is 43.3. The smallest absolute Gasteiger partial charge is 0.343 e. The molecule has 3 aromatic rings. The van der Waals surface area contributed by atoms with Crippen molar-refractivity contribution in [1.82, 2.24) is 0 Å². The van der Waals surface area contributed by atoms with Crippen LogP contribution >= 0.6 is 0 Å². The molecular formula is C45H51N3O11. The van der Waals surface area contributed by atoms with E-state index in [1.54, 1.807) is 93.6 Å². The number of anilines is 2. The average molecular weight is 810 g/mol. The number of carboxylic acids is 2. The number of nitrogens with zero attached hydrogens (tertiary/aromatic N) is 1. The van der Waals surface area contributed by atoms with Gasteiger partial charge in [0.25, 0.3) is 0 Å².